The molecule has 13 heteroatoms. The molecule has 0 saturated carbocycles. The Labute approximate surface area is 274 Å². The molecule has 9 nitrogen and oxygen atoms in total. The first-order chi connectivity index (χ1) is 21.5. The molecule has 0 amide bonds. The molecule has 6 rings (SSSR count). The second-order valence-corrected chi connectivity index (χ2v) is 18.2. The van der Waals surface area contributed by atoms with Crippen molar-refractivity contribution in [2.24, 2.45) is 0 Å². The summed E-state index contributed by atoms with van der Waals surface area (Å²) in [5, 5.41) is 11.3. The van der Waals surface area contributed by atoms with Gasteiger partial charge < -0.3 is 0 Å². The minimum absolute atomic E-state index is 0.234. The third-order valence-electron chi connectivity index (χ3n) is 8.75. The van der Waals surface area contributed by atoms with Gasteiger partial charge >= 0.3 is 274 Å². The summed E-state index contributed by atoms with van der Waals surface area (Å²) in [5.41, 5.74) is 4.03. The number of aliphatic hydroxyl groups excluding tert-OH is 1. The molecule has 5 atom stereocenters. The van der Waals surface area contributed by atoms with Gasteiger partial charge in [0.25, 0.3) is 0 Å². The van der Waals surface area contributed by atoms with Crippen LogP contribution in [0.4, 0.5) is 13.2 Å². The fourth-order valence-electron chi connectivity index (χ4n) is 6.73. The Morgan fingerprint density at radius 3 is 2.15 bits per heavy atom. The van der Waals surface area contributed by atoms with Crippen LogP contribution in [-0.4, -0.2) is 61.0 Å². The van der Waals surface area contributed by atoms with E-state index in [2.05, 4.69) is 26.8 Å². The van der Waals surface area contributed by atoms with E-state index in [1.807, 2.05) is 46.8 Å². The number of hydrogen-bond acceptors (Lipinski definition) is 9. The standard InChI is InChI=1S/C34H46F3O9P/c1-18-11-20-15-21-22(31(3,4)5)12-19(2)14-24(21)44-47(40-17-34(35,36)37,46-27(20)23(13-18)32(6,7)8)39-16-25(45-47)28-26(38)29-30(41-28)43-33(9,10)42-29/h11-14,25-26,28-30,38H,15-17H2,1-10H3/t25?,26-,28+,29+,30+/m0/s1. The van der Waals surface area contributed by atoms with E-state index in [9.17, 15) is 18.3 Å². The van der Waals surface area contributed by atoms with Crippen LogP contribution < -0.4 is 9.05 Å². The number of alkyl halides is 3. The molecule has 4 aliphatic rings. The average molecular weight is 687 g/mol. The van der Waals surface area contributed by atoms with Crippen molar-refractivity contribution in [1.29, 1.82) is 0 Å². The van der Waals surface area contributed by atoms with Crippen LogP contribution in [-0.2, 0) is 45.0 Å². The van der Waals surface area contributed by atoms with Gasteiger partial charge in [-0.05, 0) is 0 Å². The maximum absolute atomic E-state index is 14.1. The number of halogens is 3. The summed E-state index contributed by atoms with van der Waals surface area (Å²) in [6.45, 7) is 17.3. The van der Waals surface area contributed by atoms with Crippen LogP contribution in [0, 0.1) is 13.8 Å². The van der Waals surface area contributed by atoms with Gasteiger partial charge in [-0.25, -0.2) is 0 Å². The predicted molar refractivity (Wildman–Crippen MR) is 168 cm³/mol. The van der Waals surface area contributed by atoms with Crippen molar-refractivity contribution in [3.05, 3.63) is 57.6 Å². The van der Waals surface area contributed by atoms with Crippen LogP contribution in [0.3, 0.4) is 0 Å². The van der Waals surface area contributed by atoms with Gasteiger partial charge in [-0.1, -0.05) is 0 Å². The second kappa shape index (κ2) is 11.0. The molecule has 0 aliphatic carbocycles. The van der Waals surface area contributed by atoms with Crippen molar-refractivity contribution in [3.8, 4) is 11.5 Å². The zero-order valence-electron chi connectivity index (χ0n) is 28.6. The maximum atomic E-state index is 14.1. The Morgan fingerprint density at radius 1 is 0.894 bits per heavy atom. The molecular weight excluding hydrogens is 640 g/mol. The van der Waals surface area contributed by atoms with Crippen molar-refractivity contribution < 1.29 is 55.1 Å². The topological polar surface area (TPSA) is 94.1 Å². The van der Waals surface area contributed by atoms with Gasteiger partial charge in [-0.15, -0.1) is 0 Å². The zero-order chi connectivity index (χ0) is 34.6. The molecule has 4 heterocycles. The number of hydrogen-bond donors (Lipinski definition) is 1. The normalized spacial score (nSPS) is 30.3. The van der Waals surface area contributed by atoms with Crippen molar-refractivity contribution in [3.63, 3.8) is 0 Å². The Hall–Kier alpha value is -2.02. The Morgan fingerprint density at radius 2 is 1.53 bits per heavy atom. The second-order valence-electron chi connectivity index (χ2n) is 15.6. The molecule has 47 heavy (non-hydrogen) atoms. The molecule has 2 aromatic carbocycles. The molecular formula is C34H46F3O9P. The van der Waals surface area contributed by atoms with E-state index in [4.69, 9.17) is 36.8 Å². The molecule has 0 bridgehead atoms. The summed E-state index contributed by atoms with van der Waals surface area (Å²) in [7, 11) is -5.74. The van der Waals surface area contributed by atoms with E-state index in [-0.39, 0.29) is 23.5 Å². The van der Waals surface area contributed by atoms with Crippen LogP contribution >= 0.6 is 7.74 Å². The Bertz CT molecular complexity index is 1570. The van der Waals surface area contributed by atoms with Gasteiger partial charge in [0, 0.05) is 0 Å². The van der Waals surface area contributed by atoms with Gasteiger partial charge in [0.05, 0.1) is 0 Å². The third-order valence-corrected chi connectivity index (χ3v) is 11.5. The molecule has 1 spiro atoms. The van der Waals surface area contributed by atoms with Crippen molar-refractivity contribution in [2.45, 2.75) is 129 Å². The van der Waals surface area contributed by atoms with Crippen LogP contribution in [0.5, 0.6) is 11.5 Å². The van der Waals surface area contributed by atoms with Crippen molar-refractivity contribution in [2.75, 3.05) is 13.2 Å². The fourth-order valence-corrected chi connectivity index (χ4v) is 9.63. The van der Waals surface area contributed by atoms with Crippen molar-refractivity contribution >= 4 is 7.74 Å². The van der Waals surface area contributed by atoms with Crippen LogP contribution in [0.25, 0.3) is 0 Å². The Kier molecular flexibility index (Phi) is 8.14. The zero-order valence-corrected chi connectivity index (χ0v) is 29.5. The van der Waals surface area contributed by atoms with Gasteiger partial charge in [-0.3, -0.25) is 0 Å². The minimum atomic E-state index is -5.74. The molecule has 0 radical (unpaired) electrons. The first-order valence-corrected chi connectivity index (χ1v) is 17.7. The molecule has 2 aromatic rings. The van der Waals surface area contributed by atoms with E-state index in [1.165, 1.54) is 0 Å². The monoisotopic (exact) mass is 686 g/mol. The summed E-state index contributed by atoms with van der Waals surface area (Å²) in [6, 6.07) is 7.69. The van der Waals surface area contributed by atoms with E-state index in [0.29, 0.717) is 6.42 Å². The summed E-state index contributed by atoms with van der Waals surface area (Å²) >= 11 is 0. The van der Waals surface area contributed by atoms with E-state index in [0.717, 1.165) is 33.4 Å². The van der Waals surface area contributed by atoms with Crippen LogP contribution in [0.2, 0.25) is 0 Å². The van der Waals surface area contributed by atoms with E-state index < -0.39 is 62.4 Å². The molecule has 1 N–H and O–H groups in total. The predicted octanol–water partition coefficient (Wildman–Crippen LogP) is 7.62. The number of ether oxygens (including phenoxy) is 3. The fraction of sp³-hybridized carbons (Fsp3) is 0.647. The van der Waals surface area contributed by atoms with Crippen LogP contribution in [0.1, 0.15) is 88.8 Å². The molecule has 262 valence electrons. The number of fused-ring (bicyclic) bond motifs is 3. The SMILES string of the molecule is Cc1cc2c(c(C(C)(C)C)c1)Cc1cc(C)cc(C(C)(C)C)c1OP1(OCC(F)(F)F)(OCC([C@H]3O[C@@H]4OC(C)(C)O[C@@H]4[C@H]3O)O1)O2. The summed E-state index contributed by atoms with van der Waals surface area (Å²) < 4.78 is 91.9. The first kappa shape index (κ1) is 34.8. The number of benzene rings is 2. The molecule has 0 aromatic heterocycles. The number of rotatable bonds is 3. The number of aryl methyl sites for hydroxylation is 2. The summed E-state index contributed by atoms with van der Waals surface area (Å²) in [5.74, 6) is -0.490. The summed E-state index contributed by atoms with van der Waals surface area (Å²) in [6.07, 6.45) is -9.74. The van der Waals surface area contributed by atoms with Gasteiger partial charge in [-0.2, -0.15) is 0 Å². The molecule has 4 aliphatic heterocycles. The Balaban J connectivity index is 1.56. The van der Waals surface area contributed by atoms with E-state index in [1.54, 1.807) is 19.9 Å². The van der Waals surface area contributed by atoms with Gasteiger partial charge in [0.15, 0.2) is 0 Å². The van der Waals surface area contributed by atoms with Crippen molar-refractivity contribution in [1.82, 2.24) is 0 Å². The van der Waals surface area contributed by atoms with Gasteiger partial charge in [0.1, 0.15) is 0 Å². The first-order valence-electron chi connectivity index (χ1n) is 15.9. The average Bonchev–Trinajstić information content (AvgIpc) is 3.53. The quantitative estimate of drug-likeness (QED) is 0.328. The van der Waals surface area contributed by atoms with Gasteiger partial charge in [0.2, 0.25) is 0 Å². The van der Waals surface area contributed by atoms with Crippen LogP contribution in [0.15, 0.2) is 24.3 Å². The number of aliphatic hydroxyl groups is 1. The molecule has 3 saturated heterocycles. The molecule has 1 unspecified atom stereocenters. The summed E-state index contributed by atoms with van der Waals surface area (Å²) in [4.78, 5) is 0. The van der Waals surface area contributed by atoms with E-state index >= 15 is 0 Å². The molecule has 3 fully saturated rings. The third kappa shape index (κ3) is 6.53.